The highest BCUT2D eigenvalue weighted by Gasteiger charge is 2.15. The summed E-state index contributed by atoms with van der Waals surface area (Å²) in [5.41, 5.74) is 1.26. The van der Waals surface area contributed by atoms with Crippen LogP contribution in [0.15, 0.2) is 40.2 Å². The Morgan fingerprint density at radius 3 is 2.46 bits per heavy atom. The van der Waals surface area contributed by atoms with Gasteiger partial charge in [-0.1, -0.05) is 48.5 Å². The number of ketones is 2. The summed E-state index contributed by atoms with van der Waals surface area (Å²) < 4.78 is 0. The summed E-state index contributed by atoms with van der Waals surface area (Å²) in [6, 6.07) is 10.4. The highest BCUT2D eigenvalue weighted by atomic mass is 32.2. The third-order valence-electron chi connectivity index (χ3n) is 3.47. The van der Waals surface area contributed by atoms with Crippen LogP contribution in [0, 0.1) is 18.3 Å². The predicted molar refractivity (Wildman–Crippen MR) is 92.6 cm³/mol. The van der Waals surface area contributed by atoms with E-state index < -0.39 is 5.56 Å². The molecule has 0 aliphatic heterocycles. The number of benzene rings is 1. The number of nitrogens with zero attached hydrogens (tertiary/aromatic N) is 1. The number of thioether (sulfide) groups is 1. The number of carbonyl (C=O) groups is 2. The van der Waals surface area contributed by atoms with Gasteiger partial charge in [0.25, 0.3) is 5.56 Å². The largest absolute Gasteiger partial charge is 0.315 e. The van der Waals surface area contributed by atoms with Crippen LogP contribution in [0.25, 0.3) is 0 Å². The number of hydrogen-bond acceptors (Lipinski definition) is 5. The lowest BCUT2D eigenvalue weighted by Crippen LogP contribution is -2.19. The Hall–Kier alpha value is -2.65. The van der Waals surface area contributed by atoms with Crippen LogP contribution in [0.2, 0.25) is 0 Å². The zero-order valence-electron chi connectivity index (χ0n) is 13.4. The first-order chi connectivity index (χ1) is 11.5. The second-order valence-electron chi connectivity index (χ2n) is 5.22. The molecule has 1 heterocycles. The maximum absolute atomic E-state index is 12.2. The van der Waals surface area contributed by atoms with Crippen LogP contribution in [0.3, 0.4) is 0 Å². The summed E-state index contributed by atoms with van der Waals surface area (Å²) in [7, 11) is 0. The maximum atomic E-state index is 12.2. The lowest BCUT2D eigenvalue weighted by molar-refractivity contribution is 0.0984. The molecule has 122 valence electrons. The Morgan fingerprint density at radius 1 is 1.21 bits per heavy atom. The first-order valence-corrected chi connectivity index (χ1v) is 8.38. The van der Waals surface area contributed by atoms with Gasteiger partial charge in [-0.05, 0) is 13.0 Å². The number of aromatic nitrogens is 1. The monoisotopic (exact) mass is 340 g/mol. The molecule has 0 atom stereocenters. The number of aryl methyl sites for hydroxylation is 1. The summed E-state index contributed by atoms with van der Waals surface area (Å²) in [6.45, 7) is 3.59. The Kier molecular flexibility index (Phi) is 5.72. The molecule has 2 aromatic rings. The van der Waals surface area contributed by atoms with Crippen LogP contribution in [0.5, 0.6) is 0 Å². The molecule has 1 aromatic carbocycles. The molecule has 0 saturated carbocycles. The van der Waals surface area contributed by atoms with Gasteiger partial charge in [-0.3, -0.25) is 14.4 Å². The number of nitriles is 1. The van der Waals surface area contributed by atoms with Crippen molar-refractivity contribution in [2.75, 3.05) is 5.75 Å². The number of pyridine rings is 1. The van der Waals surface area contributed by atoms with Gasteiger partial charge in [-0.25, -0.2) is 0 Å². The molecule has 0 spiro atoms. The number of H-pyrrole nitrogens is 1. The number of Topliss-reactive ketones (excluding diaryl/α,β-unsaturated/α-hetero) is 2. The van der Waals surface area contributed by atoms with Crippen LogP contribution in [-0.2, 0) is 0 Å². The molecule has 0 radical (unpaired) electrons. The minimum absolute atomic E-state index is 0.0248. The van der Waals surface area contributed by atoms with Crippen molar-refractivity contribution in [2.45, 2.75) is 25.3 Å². The minimum atomic E-state index is -0.536. The maximum Gasteiger partial charge on any atom is 0.259 e. The molecule has 1 N–H and O–H groups in total. The first-order valence-electron chi connectivity index (χ1n) is 7.39. The van der Waals surface area contributed by atoms with E-state index in [0.29, 0.717) is 10.6 Å². The van der Waals surface area contributed by atoms with E-state index in [-0.39, 0.29) is 34.9 Å². The average Bonchev–Trinajstić information content (AvgIpc) is 2.59. The van der Waals surface area contributed by atoms with Crippen molar-refractivity contribution in [3.05, 3.63) is 62.9 Å². The van der Waals surface area contributed by atoms with Crippen LogP contribution in [0.4, 0.5) is 0 Å². The number of carbonyl (C=O) groups excluding carboxylic acids is 2. The van der Waals surface area contributed by atoms with E-state index in [4.69, 9.17) is 0 Å². The molecule has 6 heteroatoms. The molecule has 24 heavy (non-hydrogen) atoms. The molecule has 0 fully saturated rings. The zero-order chi connectivity index (χ0) is 17.7. The average molecular weight is 340 g/mol. The Balaban J connectivity index is 2.21. The molecule has 2 rings (SSSR count). The van der Waals surface area contributed by atoms with Gasteiger partial charge in [0, 0.05) is 12.0 Å². The normalized spacial score (nSPS) is 10.2. The fourth-order valence-corrected chi connectivity index (χ4v) is 2.94. The SMILES string of the molecule is CCC(=O)c1cc(C#N)c(SCC(=O)c2ccc(C)cc2)[nH]c1=O. The van der Waals surface area contributed by atoms with Gasteiger partial charge in [0.1, 0.15) is 6.07 Å². The fourth-order valence-electron chi connectivity index (χ4n) is 2.07. The molecule has 1 aromatic heterocycles. The summed E-state index contributed by atoms with van der Waals surface area (Å²) >= 11 is 1.08. The highest BCUT2D eigenvalue weighted by molar-refractivity contribution is 8.00. The van der Waals surface area contributed by atoms with Gasteiger partial charge >= 0.3 is 0 Å². The van der Waals surface area contributed by atoms with Crippen molar-refractivity contribution in [2.24, 2.45) is 0 Å². The number of hydrogen-bond donors (Lipinski definition) is 1. The third kappa shape index (κ3) is 4.00. The smallest absolute Gasteiger partial charge is 0.259 e. The van der Waals surface area contributed by atoms with Gasteiger partial charge < -0.3 is 4.98 Å². The summed E-state index contributed by atoms with van der Waals surface area (Å²) in [4.78, 5) is 38.4. The van der Waals surface area contributed by atoms with E-state index in [0.717, 1.165) is 17.3 Å². The third-order valence-corrected chi connectivity index (χ3v) is 4.49. The first kappa shape index (κ1) is 17.7. The van der Waals surface area contributed by atoms with E-state index in [1.165, 1.54) is 6.07 Å². The van der Waals surface area contributed by atoms with Gasteiger partial charge in [-0.15, -0.1) is 0 Å². The van der Waals surface area contributed by atoms with Crippen molar-refractivity contribution in [3.8, 4) is 6.07 Å². The predicted octanol–water partition coefficient (Wildman–Crippen LogP) is 3.12. The number of rotatable bonds is 6. The van der Waals surface area contributed by atoms with Crippen molar-refractivity contribution >= 4 is 23.3 Å². The second-order valence-corrected chi connectivity index (χ2v) is 6.21. The van der Waals surface area contributed by atoms with Crippen LogP contribution < -0.4 is 5.56 Å². The standard InChI is InChI=1S/C18H16N2O3S/c1-3-15(21)14-8-13(9-19)18(20-17(14)23)24-10-16(22)12-6-4-11(2)5-7-12/h4-8H,3,10H2,1-2H3,(H,20,23). The zero-order valence-corrected chi connectivity index (χ0v) is 14.2. The second kappa shape index (κ2) is 7.75. The topological polar surface area (TPSA) is 90.8 Å². The lowest BCUT2D eigenvalue weighted by atomic mass is 10.1. The van der Waals surface area contributed by atoms with Crippen LogP contribution >= 0.6 is 11.8 Å². The summed E-state index contributed by atoms with van der Waals surface area (Å²) in [5.74, 6) is -0.326. The van der Waals surface area contributed by atoms with Crippen molar-refractivity contribution in [1.29, 1.82) is 5.26 Å². The van der Waals surface area contributed by atoms with E-state index in [1.54, 1.807) is 19.1 Å². The van der Waals surface area contributed by atoms with Crippen molar-refractivity contribution in [3.63, 3.8) is 0 Å². The van der Waals surface area contributed by atoms with Gasteiger partial charge in [-0.2, -0.15) is 5.26 Å². The van der Waals surface area contributed by atoms with Crippen LogP contribution in [-0.4, -0.2) is 22.3 Å². The Bertz CT molecular complexity index is 877. The summed E-state index contributed by atoms with van der Waals surface area (Å²) in [6.07, 6.45) is 0.187. The molecule has 0 saturated heterocycles. The highest BCUT2D eigenvalue weighted by Crippen LogP contribution is 2.21. The van der Waals surface area contributed by atoms with Gasteiger partial charge in [0.05, 0.1) is 21.9 Å². The number of nitrogens with one attached hydrogen (secondary N) is 1. The summed E-state index contributed by atoms with van der Waals surface area (Å²) in [5, 5.41) is 9.52. The minimum Gasteiger partial charge on any atom is -0.315 e. The molecular weight excluding hydrogens is 324 g/mol. The Labute approximate surface area is 143 Å². The van der Waals surface area contributed by atoms with E-state index in [2.05, 4.69) is 4.98 Å². The quantitative estimate of drug-likeness (QED) is 0.644. The van der Waals surface area contributed by atoms with E-state index >= 15 is 0 Å². The molecule has 0 amide bonds. The molecule has 5 nitrogen and oxygen atoms in total. The Morgan fingerprint density at radius 2 is 1.88 bits per heavy atom. The van der Waals surface area contributed by atoms with Crippen molar-refractivity contribution < 1.29 is 9.59 Å². The molecular formula is C18H16N2O3S. The van der Waals surface area contributed by atoms with E-state index in [9.17, 15) is 19.6 Å². The fraction of sp³-hybridized carbons (Fsp3) is 0.222. The van der Waals surface area contributed by atoms with Gasteiger partial charge in [0.2, 0.25) is 0 Å². The van der Waals surface area contributed by atoms with Crippen LogP contribution in [0.1, 0.15) is 45.2 Å². The molecule has 0 aliphatic carbocycles. The van der Waals surface area contributed by atoms with E-state index in [1.807, 2.05) is 25.1 Å². The molecule has 0 bridgehead atoms. The molecule has 0 aliphatic rings. The number of aromatic amines is 1. The molecule has 0 unspecified atom stereocenters. The van der Waals surface area contributed by atoms with Gasteiger partial charge in [0.15, 0.2) is 11.6 Å². The van der Waals surface area contributed by atoms with Crippen molar-refractivity contribution in [1.82, 2.24) is 4.98 Å². The lowest BCUT2D eigenvalue weighted by Gasteiger charge is -2.06.